The molecule has 0 saturated heterocycles. The molecule has 0 aliphatic heterocycles. The van der Waals surface area contributed by atoms with E-state index in [0.717, 1.165) is 32.3 Å². The van der Waals surface area contributed by atoms with Crippen molar-refractivity contribution in [2.24, 2.45) is 0 Å². The molecule has 3 aromatic heterocycles. The van der Waals surface area contributed by atoms with Gasteiger partial charge in [0.15, 0.2) is 5.65 Å². The Bertz CT molecular complexity index is 913. The van der Waals surface area contributed by atoms with Gasteiger partial charge < -0.3 is 4.74 Å². The number of aromatic amines is 1. The molecule has 4 rings (SSSR count). The van der Waals surface area contributed by atoms with Gasteiger partial charge >= 0.3 is 0 Å². The van der Waals surface area contributed by atoms with Gasteiger partial charge in [0.05, 0.1) is 23.3 Å². The fourth-order valence-corrected chi connectivity index (χ4v) is 2.93. The number of ether oxygens (including phenoxy) is 1. The third-order valence-corrected chi connectivity index (χ3v) is 3.91. The minimum absolute atomic E-state index is 0.527. The molecule has 1 aromatic carbocycles. The second kappa shape index (κ2) is 4.89. The largest absolute Gasteiger partial charge is 0.487 e. The Kier molecular flexibility index (Phi) is 2.89. The molecule has 3 heterocycles. The number of H-pyrrole nitrogens is 1. The number of halogens is 1. The summed E-state index contributed by atoms with van der Waals surface area (Å²) in [7, 11) is 0. The minimum Gasteiger partial charge on any atom is -0.487 e. The van der Waals surface area contributed by atoms with Crippen LogP contribution >= 0.6 is 15.9 Å². The molecule has 0 unspecified atom stereocenters. The number of hydrogen-bond donors (Lipinski definition) is 1. The summed E-state index contributed by atoms with van der Waals surface area (Å²) in [5.41, 5.74) is 2.87. The normalized spacial score (nSPS) is 11.3. The van der Waals surface area contributed by atoms with Crippen molar-refractivity contribution in [1.29, 1.82) is 0 Å². The highest BCUT2D eigenvalue weighted by molar-refractivity contribution is 9.10. The van der Waals surface area contributed by atoms with Gasteiger partial charge in [-0.3, -0.25) is 5.10 Å². The summed E-state index contributed by atoms with van der Waals surface area (Å²) in [6, 6.07) is 12.0. The Balaban J connectivity index is 1.69. The van der Waals surface area contributed by atoms with E-state index in [1.165, 1.54) is 0 Å². The van der Waals surface area contributed by atoms with E-state index in [1.54, 1.807) is 10.7 Å². The highest BCUT2D eigenvalue weighted by atomic mass is 79.9. The number of aromatic nitrogens is 4. The van der Waals surface area contributed by atoms with Crippen LogP contribution in [0.3, 0.4) is 0 Å². The molecule has 0 aliphatic carbocycles. The molecule has 0 atom stereocenters. The summed E-state index contributed by atoms with van der Waals surface area (Å²) < 4.78 is 8.56. The molecule has 0 fully saturated rings. The van der Waals surface area contributed by atoms with Crippen LogP contribution in [-0.2, 0) is 6.61 Å². The Labute approximate surface area is 128 Å². The van der Waals surface area contributed by atoms with Crippen LogP contribution in [-0.4, -0.2) is 19.8 Å². The molecule has 0 radical (unpaired) electrons. The van der Waals surface area contributed by atoms with Crippen LogP contribution in [0.2, 0.25) is 0 Å². The molecule has 4 aromatic rings. The van der Waals surface area contributed by atoms with Crippen LogP contribution in [0.25, 0.3) is 16.6 Å². The first-order valence-electron chi connectivity index (χ1n) is 6.49. The number of benzene rings is 1. The monoisotopic (exact) mass is 342 g/mol. The first-order chi connectivity index (χ1) is 10.3. The first-order valence-corrected chi connectivity index (χ1v) is 7.28. The predicted octanol–water partition coefficient (Wildman–Crippen LogP) is 3.55. The van der Waals surface area contributed by atoms with Crippen molar-refractivity contribution in [2.75, 3.05) is 0 Å². The molecule has 6 heteroatoms. The minimum atomic E-state index is 0.527. The van der Waals surface area contributed by atoms with Crippen molar-refractivity contribution < 1.29 is 4.74 Å². The van der Waals surface area contributed by atoms with Crippen molar-refractivity contribution in [3.63, 3.8) is 0 Å². The van der Waals surface area contributed by atoms with E-state index in [0.29, 0.717) is 6.61 Å². The molecular weight excluding hydrogens is 332 g/mol. The number of nitrogens with zero attached hydrogens (tertiary/aromatic N) is 3. The van der Waals surface area contributed by atoms with Crippen molar-refractivity contribution in [3.8, 4) is 5.75 Å². The van der Waals surface area contributed by atoms with E-state index < -0.39 is 0 Å². The fraction of sp³-hybridized carbons (Fsp3) is 0.0667. The van der Waals surface area contributed by atoms with Gasteiger partial charge in [0.2, 0.25) is 0 Å². The lowest BCUT2D eigenvalue weighted by molar-refractivity contribution is 0.304. The summed E-state index contributed by atoms with van der Waals surface area (Å²) in [6.45, 7) is 0.527. The smallest absolute Gasteiger partial charge is 0.178 e. The number of pyridine rings is 1. The third-order valence-electron chi connectivity index (χ3n) is 3.30. The maximum Gasteiger partial charge on any atom is 0.178 e. The Hall–Kier alpha value is -2.34. The zero-order valence-electron chi connectivity index (χ0n) is 11.0. The predicted molar refractivity (Wildman–Crippen MR) is 83.3 cm³/mol. The van der Waals surface area contributed by atoms with Crippen molar-refractivity contribution in [1.82, 2.24) is 19.8 Å². The molecule has 104 valence electrons. The molecule has 5 nitrogen and oxygen atoms in total. The van der Waals surface area contributed by atoms with Gasteiger partial charge in [-0.15, -0.1) is 5.10 Å². The van der Waals surface area contributed by atoms with Gasteiger partial charge in [-0.2, -0.15) is 5.10 Å². The zero-order valence-corrected chi connectivity index (χ0v) is 12.5. The topological polar surface area (TPSA) is 55.2 Å². The molecular formula is C15H11BrN4O. The highest BCUT2D eigenvalue weighted by Crippen LogP contribution is 2.29. The van der Waals surface area contributed by atoms with Gasteiger partial charge in [0.25, 0.3) is 0 Å². The summed E-state index contributed by atoms with van der Waals surface area (Å²) in [6.07, 6.45) is 3.64. The maximum atomic E-state index is 5.84. The summed E-state index contributed by atoms with van der Waals surface area (Å²) in [5, 5.41) is 12.3. The molecule has 1 N–H and O–H groups in total. The number of fused-ring (bicyclic) bond motifs is 3. The van der Waals surface area contributed by atoms with Crippen LogP contribution < -0.4 is 4.74 Å². The van der Waals surface area contributed by atoms with E-state index in [-0.39, 0.29) is 0 Å². The second-order valence-corrected chi connectivity index (χ2v) is 5.58. The van der Waals surface area contributed by atoms with Gasteiger partial charge in [0, 0.05) is 4.47 Å². The van der Waals surface area contributed by atoms with Gasteiger partial charge in [-0.1, -0.05) is 30.3 Å². The standard InChI is InChI=1S/C15H11BrN4O/c16-13-6-11(21-9-10-4-2-1-3-5-10)8-20-14(13)12-7-17-18-15(12)19-20/h1-8H,9H2,(H,18,19). The van der Waals surface area contributed by atoms with Crippen LogP contribution in [0.4, 0.5) is 0 Å². The van der Waals surface area contributed by atoms with Crippen LogP contribution in [0.15, 0.2) is 53.3 Å². The average Bonchev–Trinajstić information content (AvgIpc) is 3.06. The van der Waals surface area contributed by atoms with Crippen LogP contribution in [0.1, 0.15) is 5.56 Å². The van der Waals surface area contributed by atoms with E-state index in [9.17, 15) is 0 Å². The highest BCUT2D eigenvalue weighted by Gasteiger charge is 2.11. The zero-order chi connectivity index (χ0) is 14.2. The van der Waals surface area contributed by atoms with Crippen molar-refractivity contribution in [2.45, 2.75) is 6.61 Å². The summed E-state index contributed by atoms with van der Waals surface area (Å²) in [5.74, 6) is 0.761. The molecule has 21 heavy (non-hydrogen) atoms. The molecule has 0 spiro atoms. The fourth-order valence-electron chi connectivity index (χ4n) is 2.31. The van der Waals surface area contributed by atoms with Gasteiger partial charge in [-0.25, -0.2) is 4.52 Å². The van der Waals surface area contributed by atoms with E-state index in [4.69, 9.17) is 4.74 Å². The lowest BCUT2D eigenvalue weighted by Crippen LogP contribution is -1.97. The maximum absolute atomic E-state index is 5.84. The number of nitrogens with one attached hydrogen (secondary N) is 1. The third kappa shape index (κ3) is 2.17. The lowest BCUT2D eigenvalue weighted by Gasteiger charge is -2.07. The van der Waals surface area contributed by atoms with Crippen molar-refractivity contribution in [3.05, 3.63) is 58.8 Å². The molecule has 0 amide bonds. The van der Waals surface area contributed by atoms with E-state index in [2.05, 4.69) is 31.2 Å². The number of rotatable bonds is 3. The Morgan fingerprint density at radius 2 is 2.10 bits per heavy atom. The van der Waals surface area contributed by atoms with Crippen LogP contribution in [0.5, 0.6) is 5.75 Å². The van der Waals surface area contributed by atoms with Gasteiger partial charge in [0.1, 0.15) is 12.4 Å². The number of hydrogen-bond acceptors (Lipinski definition) is 3. The second-order valence-electron chi connectivity index (χ2n) is 4.72. The lowest BCUT2D eigenvalue weighted by atomic mass is 10.2. The molecule has 0 saturated carbocycles. The first kappa shape index (κ1) is 12.4. The Morgan fingerprint density at radius 3 is 2.95 bits per heavy atom. The van der Waals surface area contributed by atoms with E-state index >= 15 is 0 Å². The van der Waals surface area contributed by atoms with Crippen molar-refractivity contribution >= 4 is 32.5 Å². The average molecular weight is 343 g/mol. The van der Waals surface area contributed by atoms with E-state index in [1.807, 2.05) is 42.6 Å². The summed E-state index contributed by atoms with van der Waals surface area (Å²) in [4.78, 5) is 0. The molecule has 0 aliphatic rings. The molecule has 0 bridgehead atoms. The summed E-state index contributed by atoms with van der Waals surface area (Å²) >= 11 is 3.58. The SMILES string of the molecule is Brc1cc(OCc2ccccc2)cn2nc3[nH]ncc3c12. The van der Waals surface area contributed by atoms with Gasteiger partial charge in [-0.05, 0) is 27.6 Å². The Morgan fingerprint density at radius 1 is 1.24 bits per heavy atom. The van der Waals surface area contributed by atoms with Crippen LogP contribution in [0, 0.1) is 0 Å². The quantitative estimate of drug-likeness (QED) is 0.619.